The highest BCUT2D eigenvalue weighted by Gasteiger charge is 2.15. The van der Waals surface area contributed by atoms with Gasteiger partial charge in [-0.15, -0.1) is 11.6 Å². The zero-order valence-corrected chi connectivity index (χ0v) is 10.3. The number of halogens is 1. The largest absolute Gasteiger partial charge is 0.278 e. The Morgan fingerprint density at radius 2 is 2.18 bits per heavy atom. The van der Waals surface area contributed by atoms with Gasteiger partial charge >= 0.3 is 0 Å². The summed E-state index contributed by atoms with van der Waals surface area (Å²) in [5, 5.41) is 6.02. The van der Waals surface area contributed by atoms with Crippen LogP contribution in [0.15, 0.2) is 41.6 Å². The van der Waals surface area contributed by atoms with E-state index in [1.54, 1.807) is 18.2 Å². The number of rotatable bonds is 4. The van der Waals surface area contributed by atoms with Crippen LogP contribution in [-0.2, 0) is 15.9 Å². The van der Waals surface area contributed by atoms with E-state index in [0.29, 0.717) is 11.6 Å². The number of H-pyrrole nitrogens is 1. The summed E-state index contributed by atoms with van der Waals surface area (Å²) in [6.07, 6.45) is 1.38. The lowest BCUT2D eigenvalue weighted by molar-refractivity contribution is 0.597. The highest BCUT2D eigenvalue weighted by molar-refractivity contribution is 7.92. The quantitative estimate of drug-likeness (QED) is 0.835. The Morgan fingerprint density at radius 1 is 1.35 bits per heavy atom. The average molecular weight is 272 g/mol. The third-order valence-corrected chi connectivity index (χ3v) is 3.72. The maximum atomic E-state index is 11.8. The van der Waals surface area contributed by atoms with Crippen molar-refractivity contribution in [3.05, 3.63) is 42.1 Å². The van der Waals surface area contributed by atoms with Crippen LogP contribution in [0.4, 0.5) is 5.69 Å². The van der Waals surface area contributed by atoms with Gasteiger partial charge in [-0.05, 0) is 23.8 Å². The van der Waals surface area contributed by atoms with Crippen LogP contribution in [0, 0.1) is 0 Å². The van der Waals surface area contributed by atoms with E-state index < -0.39 is 10.0 Å². The highest BCUT2D eigenvalue weighted by Crippen LogP contribution is 2.16. The molecule has 0 saturated heterocycles. The van der Waals surface area contributed by atoms with Crippen LogP contribution in [-0.4, -0.2) is 18.6 Å². The van der Waals surface area contributed by atoms with E-state index in [2.05, 4.69) is 14.9 Å². The lowest BCUT2D eigenvalue weighted by Gasteiger charge is -2.06. The Balaban J connectivity index is 2.26. The molecule has 0 aliphatic carbocycles. The summed E-state index contributed by atoms with van der Waals surface area (Å²) in [6, 6.07) is 8.28. The molecule has 0 fully saturated rings. The van der Waals surface area contributed by atoms with E-state index in [9.17, 15) is 8.42 Å². The van der Waals surface area contributed by atoms with E-state index in [-0.39, 0.29) is 5.03 Å². The first-order valence-corrected chi connectivity index (χ1v) is 6.81. The first-order valence-electron chi connectivity index (χ1n) is 4.79. The number of anilines is 1. The number of benzene rings is 1. The van der Waals surface area contributed by atoms with Gasteiger partial charge in [0.05, 0.1) is 6.20 Å². The van der Waals surface area contributed by atoms with Crippen LogP contribution in [0.1, 0.15) is 5.56 Å². The molecule has 17 heavy (non-hydrogen) atoms. The minimum Gasteiger partial charge on any atom is -0.278 e. The molecule has 0 bridgehead atoms. The molecule has 0 atom stereocenters. The Hall–Kier alpha value is -1.53. The lowest BCUT2D eigenvalue weighted by Crippen LogP contribution is -2.13. The summed E-state index contributed by atoms with van der Waals surface area (Å²) in [7, 11) is -3.61. The molecule has 2 N–H and O–H groups in total. The molecule has 0 aliphatic heterocycles. The van der Waals surface area contributed by atoms with Gasteiger partial charge in [0, 0.05) is 11.6 Å². The molecule has 1 aromatic carbocycles. The van der Waals surface area contributed by atoms with E-state index in [4.69, 9.17) is 11.6 Å². The summed E-state index contributed by atoms with van der Waals surface area (Å²) in [4.78, 5) is 0. The Labute approximate surface area is 104 Å². The standard InChI is InChI=1S/C10H10ClN3O2S/c11-7-8-2-1-3-9(6-8)14-17(15,16)10-4-5-12-13-10/h1-6,14H,7H2,(H,12,13). The second-order valence-electron chi connectivity index (χ2n) is 3.36. The molecule has 2 rings (SSSR count). The van der Waals surface area contributed by atoms with Crippen molar-refractivity contribution < 1.29 is 8.42 Å². The minimum absolute atomic E-state index is 0.0220. The van der Waals surface area contributed by atoms with Crippen molar-refractivity contribution in [3.63, 3.8) is 0 Å². The van der Waals surface area contributed by atoms with Gasteiger partial charge in [-0.25, -0.2) is 0 Å². The summed E-state index contributed by atoms with van der Waals surface area (Å²) in [6.45, 7) is 0. The Kier molecular flexibility index (Phi) is 3.35. The third-order valence-electron chi connectivity index (χ3n) is 2.10. The molecule has 0 amide bonds. The van der Waals surface area contributed by atoms with Gasteiger partial charge in [0.1, 0.15) is 0 Å². The summed E-state index contributed by atoms with van der Waals surface area (Å²) >= 11 is 5.68. The zero-order valence-electron chi connectivity index (χ0n) is 8.72. The fourth-order valence-electron chi connectivity index (χ4n) is 1.32. The topological polar surface area (TPSA) is 74.8 Å². The molecule has 90 valence electrons. The first kappa shape index (κ1) is 11.9. The van der Waals surface area contributed by atoms with Gasteiger partial charge in [-0.1, -0.05) is 12.1 Å². The van der Waals surface area contributed by atoms with Crippen molar-refractivity contribution in [2.24, 2.45) is 0 Å². The number of nitrogens with zero attached hydrogens (tertiary/aromatic N) is 1. The fraction of sp³-hybridized carbons (Fsp3) is 0.100. The maximum absolute atomic E-state index is 11.8. The van der Waals surface area contributed by atoms with Gasteiger partial charge in [0.2, 0.25) is 0 Å². The van der Waals surface area contributed by atoms with E-state index in [1.807, 2.05) is 6.07 Å². The fourth-order valence-corrected chi connectivity index (χ4v) is 2.45. The van der Waals surface area contributed by atoms with Crippen molar-refractivity contribution in [2.45, 2.75) is 10.9 Å². The van der Waals surface area contributed by atoms with Crippen LogP contribution in [0.3, 0.4) is 0 Å². The van der Waals surface area contributed by atoms with Crippen molar-refractivity contribution in [2.75, 3.05) is 4.72 Å². The summed E-state index contributed by atoms with van der Waals surface area (Å²) in [5.41, 5.74) is 1.31. The lowest BCUT2D eigenvalue weighted by atomic mass is 10.2. The van der Waals surface area contributed by atoms with Gasteiger partial charge in [-0.2, -0.15) is 13.5 Å². The molecule has 0 aliphatic rings. The van der Waals surface area contributed by atoms with Gasteiger partial charge in [0.15, 0.2) is 5.03 Å². The van der Waals surface area contributed by atoms with Crippen LogP contribution in [0.2, 0.25) is 0 Å². The summed E-state index contributed by atoms with van der Waals surface area (Å²) in [5.74, 6) is 0.333. The molecule has 0 radical (unpaired) electrons. The van der Waals surface area contributed by atoms with Gasteiger partial charge in [0.25, 0.3) is 10.0 Å². The molecule has 0 saturated carbocycles. The highest BCUT2D eigenvalue weighted by atomic mass is 35.5. The molecule has 1 aromatic heterocycles. The van der Waals surface area contributed by atoms with Crippen molar-refractivity contribution in [1.82, 2.24) is 10.2 Å². The number of hydrogen-bond acceptors (Lipinski definition) is 3. The van der Waals surface area contributed by atoms with E-state index >= 15 is 0 Å². The smallest absolute Gasteiger partial charge is 0.278 e. The van der Waals surface area contributed by atoms with Crippen LogP contribution in [0.25, 0.3) is 0 Å². The van der Waals surface area contributed by atoms with Crippen molar-refractivity contribution in [1.29, 1.82) is 0 Å². The number of nitrogens with one attached hydrogen (secondary N) is 2. The second-order valence-corrected chi connectivity index (χ2v) is 5.28. The third kappa shape index (κ3) is 2.78. The number of aromatic amines is 1. The molecule has 5 nitrogen and oxygen atoms in total. The number of alkyl halides is 1. The van der Waals surface area contributed by atoms with Crippen LogP contribution in [0.5, 0.6) is 0 Å². The van der Waals surface area contributed by atoms with Crippen LogP contribution < -0.4 is 4.72 Å². The van der Waals surface area contributed by atoms with Crippen molar-refractivity contribution >= 4 is 27.3 Å². The number of sulfonamides is 1. The first-order chi connectivity index (χ1) is 8.12. The monoisotopic (exact) mass is 271 g/mol. The summed E-state index contributed by atoms with van der Waals surface area (Å²) < 4.78 is 26.1. The van der Waals surface area contributed by atoms with Gasteiger partial charge < -0.3 is 0 Å². The predicted molar refractivity (Wildman–Crippen MR) is 65.4 cm³/mol. The average Bonchev–Trinajstić information content (AvgIpc) is 2.83. The molecular weight excluding hydrogens is 262 g/mol. The molecular formula is C10H10ClN3O2S. The second kappa shape index (κ2) is 4.77. The van der Waals surface area contributed by atoms with Gasteiger partial charge in [-0.3, -0.25) is 9.82 Å². The molecule has 7 heteroatoms. The minimum atomic E-state index is -3.61. The van der Waals surface area contributed by atoms with Crippen molar-refractivity contribution in [3.8, 4) is 0 Å². The number of hydrogen-bond donors (Lipinski definition) is 2. The maximum Gasteiger partial charge on any atom is 0.278 e. The van der Waals surface area contributed by atoms with Crippen LogP contribution >= 0.6 is 11.6 Å². The normalized spacial score (nSPS) is 11.4. The molecule has 1 heterocycles. The molecule has 0 unspecified atom stereocenters. The Bertz CT molecular complexity index is 596. The molecule has 0 spiro atoms. The number of aromatic nitrogens is 2. The predicted octanol–water partition coefficient (Wildman–Crippen LogP) is 1.95. The zero-order chi connectivity index (χ0) is 12.3. The Morgan fingerprint density at radius 3 is 2.82 bits per heavy atom. The SMILES string of the molecule is O=S(=O)(Nc1cccc(CCl)c1)c1ccn[nH]1. The van der Waals surface area contributed by atoms with E-state index in [0.717, 1.165) is 5.56 Å². The van der Waals surface area contributed by atoms with E-state index in [1.165, 1.54) is 12.3 Å². The molecule has 2 aromatic rings.